The number of hydrogen-bond donors (Lipinski definition) is 2. The van der Waals surface area contributed by atoms with Crippen molar-refractivity contribution in [1.82, 2.24) is 9.97 Å². The van der Waals surface area contributed by atoms with Gasteiger partial charge in [0.15, 0.2) is 11.5 Å². The average Bonchev–Trinajstić information content (AvgIpc) is 2.59. The zero-order valence-electron chi connectivity index (χ0n) is 12.9. The Morgan fingerprint density at radius 2 is 2.04 bits per heavy atom. The fourth-order valence-corrected chi connectivity index (χ4v) is 2.32. The van der Waals surface area contributed by atoms with Crippen molar-refractivity contribution in [2.24, 2.45) is 0 Å². The molecular formula is C16H17ClN4O2. The number of benzene rings is 1. The highest BCUT2D eigenvalue weighted by Crippen LogP contribution is 2.19. The molecule has 0 radical (unpaired) electrons. The van der Waals surface area contributed by atoms with Crippen molar-refractivity contribution in [3.8, 4) is 0 Å². The SMILES string of the molecule is CCc1cc(Cl)ccc1CNc1nccnc1C(=N)C(=O)OC. The maximum Gasteiger partial charge on any atom is 0.358 e. The summed E-state index contributed by atoms with van der Waals surface area (Å²) in [4.78, 5) is 19.7. The molecule has 0 saturated heterocycles. The molecule has 0 atom stereocenters. The molecule has 1 aromatic carbocycles. The van der Waals surface area contributed by atoms with Gasteiger partial charge in [0.05, 0.1) is 7.11 Å². The summed E-state index contributed by atoms with van der Waals surface area (Å²) in [7, 11) is 1.22. The number of nitrogens with one attached hydrogen (secondary N) is 2. The van der Waals surface area contributed by atoms with Crippen molar-refractivity contribution in [1.29, 1.82) is 5.41 Å². The summed E-state index contributed by atoms with van der Waals surface area (Å²) in [6.07, 6.45) is 3.78. The number of carbonyl (C=O) groups excluding carboxylic acids is 1. The molecule has 0 amide bonds. The Bertz CT molecular complexity index is 734. The Hall–Kier alpha value is -2.47. The molecule has 0 aliphatic rings. The molecule has 2 aromatic rings. The van der Waals surface area contributed by atoms with Crippen LogP contribution in [0.1, 0.15) is 23.7 Å². The maximum absolute atomic E-state index is 11.5. The van der Waals surface area contributed by atoms with E-state index in [2.05, 4.69) is 26.9 Å². The van der Waals surface area contributed by atoms with Crippen LogP contribution in [-0.4, -0.2) is 28.8 Å². The summed E-state index contributed by atoms with van der Waals surface area (Å²) in [5, 5.41) is 11.6. The zero-order valence-corrected chi connectivity index (χ0v) is 13.6. The molecule has 23 heavy (non-hydrogen) atoms. The molecule has 2 N–H and O–H groups in total. The van der Waals surface area contributed by atoms with Gasteiger partial charge >= 0.3 is 5.97 Å². The zero-order chi connectivity index (χ0) is 16.8. The highest BCUT2D eigenvalue weighted by atomic mass is 35.5. The van der Waals surface area contributed by atoms with E-state index >= 15 is 0 Å². The Morgan fingerprint density at radius 3 is 2.74 bits per heavy atom. The minimum atomic E-state index is -0.755. The average molecular weight is 333 g/mol. The number of ether oxygens (including phenoxy) is 1. The molecule has 7 heteroatoms. The van der Waals surface area contributed by atoms with E-state index in [1.54, 1.807) is 0 Å². The fraction of sp³-hybridized carbons (Fsp3) is 0.250. The highest BCUT2D eigenvalue weighted by molar-refractivity contribution is 6.42. The third kappa shape index (κ3) is 4.04. The molecular weight excluding hydrogens is 316 g/mol. The van der Waals surface area contributed by atoms with Crippen molar-refractivity contribution >= 4 is 29.1 Å². The van der Waals surface area contributed by atoms with Crippen molar-refractivity contribution < 1.29 is 9.53 Å². The Kier molecular flexibility index (Phi) is 5.65. The molecule has 0 fully saturated rings. The van der Waals surface area contributed by atoms with Crippen molar-refractivity contribution in [2.75, 3.05) is 12.4 Å². The van der Waals surface area contributed by atoms with Crippen LogP contribution in [0.2, 0.25) is 5.02 Å². The van der Waals surface area contributed by atoms with E-state index in [1.807, 2.05) is 18.2 Å². The molecule has 2 rings (SSSR count). The minimum Gasteiger partial charge on any atom is -0.464 e. The van der Waals surface area contributed by atoms with Gasteiger partial charge in [-0.25, -0.2) is 14.8 Å². The first-order chi connectivity index (χ1) is 11.1. The van der Waals surface area contributed by atoms with Crippen molar-refractivity contribution in [3.05, 3.63) is 52.4 Å². The Balaban J connectivity index is 2.22. The largest absolute Gasteiger partial charge is 0.464 e. The van der Waals surface area contributed by atoms with Gasteiger partial charge in [0.2, 0.25) is 0 Å². The molecule has 0 spiro atoms. The van der Waals surface area contributed by atoms with Crippen LogP contribution in [0, 0.1) is 5.41 Å². The highest BCUT2D eigenvalue weighted by Gasteiger charge is 2.18. The van der Waals surface area contributed by atoms with Gasteiger partial charge in [-0.1, -0.05) is 24.6 Å². The maximum atomic E-state index is 11.5. The second kappa shape index (κ2) is 7.69. The van der Waals surface area contributed by atoms with Gasteiger partial charge in [0.1, 0.15) is 5.69 Å². The topological polar surface area (TPSA) is 88.0 Å². The summed E-state index contributed by atoms with van der Waals surface area (Å²) in [5.41, 5.74) is 2.01. The summed E-state index contributed by atoms with van der Waals surface area (Å²) in [5.74, 6) is -0.394. The number of rotatable bonds is 6. The van der Waals surface area contributed by atoms with Crippen molar-refractivity contribution in [2.45, 2.75) is 19.9 Å². The molecule has 1 aromatic heterocycles. The standard InChI is InChI=1S/C16H17ClN4O2/c1-3-10-8-12(17)5-4-11(10)9-21-15-14(19-6-7-20-15)13(18)16(22)23-2/h4-8,18H,3,9H2,1-2H3,(H,20,21). The van der Waals surface area contributed by atoms with Gasteiger partial charge in [0, 0.05) is 24.0 Å². The third-order valence-corrected chi connectivity index (χ3v) is 3.56. The van der Waals surface area contributed by atoms with Crippen LogP contribution >= 0.6 is 11.6 Å². The van der Waals surface area contributed by atoms with Crippen molar-refractivity contribution in [3.63, 3.8) is 0 Å². The molecule has 0 aliphatic heterocycles. The van der Waals surface area contributed by atoms with Gasteiger partial charge < -0.3 is 10.1 Å². The summed E-state index contributed by atoms with van der Waals surface area (Å²) in [6.45, 7) is 2.54. The Labute approximate surface area is 139 Å². The third-order valence-electron chi connectivity index (χ3n) is 3.32. The first kappa shape index (κ1) is 16.9. The lowest BCUT2D eigenvalue weighted by molar-refractivity contribution is -0.132. The summed E-state index contributed by atoms with van der Waals surface area (Å²) < 4.78 is 4.56. The molecule has 0 aliphatic carbocycles. The van der Waals surface area contributed by atoms with Crippen LogP contribution in [0.5, 0.6) is 0 Å². The van der Waals surface area contributed by atoms with E-state index in [0.717, 1.165) is 17.5 Å². The van der Waals surface area contributed by atoms with Gasteiger partial charge in [-0.3, -0.25) is 5.41 Å². The van der Waals surface area contributed by atoms with Crippen LogP contribution in [0.4, 0.5) is 5.82 Å². The van der Waals surface area contributed by atoms with Gasteiger partial charge in [-0.15, -0.1) is 0 Å². The van der Waals surface area contributed by atoms with E-state index in [4.69, 9.17) is 17.0 Å². The van der Waals surface area contributed by atoms with Crippen LogP contribution in [0.25, 0.3) is 0 Å². The first-order valence-electron chi connectivity index (χ1n) is 7.06. The molecule has 0 unspecified atom stereocenters. The summed E-state index contributed by atoms with van der Waals surface area (Å²) >= 11 is 6.01. The molecule has 120 valence electrons. The number of carbonyl (C=O) groups is 1. The number of esters is 1. The molecule has 0 bridgehead atoms. The lowest BCUT2D eigenvalue weighted by Gasteiger charge is -2.12. The second-order valence-corrected chi connectivity index (χ2v) is 5.18. The Morgan fingerprint density at radius 1 is 1.30 bits per heavy atom. The van der Waals surface area contributed by atoms with E-state index in [9.17, 15) is 4.79 Å². The van der Waals surface area contributed by atoms with Crippen LogP contribution < -0.4 is 5.32 Å². The number of anilines is 1. The monoisotopic (exact) mass is 332 g/mol. The number of aryl methyl sites for hydroxylation is 1. The minimum absolute atomic E-state index is 0.159. The number of hydrogen-bond acceptors (Lipinski definition) is 6. The van der Waals surface area contributed by atoms with Gasteiger partial charge in [0.25, 0.3) is 0 Å². The fourth-order valence-electron chi connectivity index (χ4n) is 2.12. The first-order valence-corrected chi connectivity index (χ1v) is 7.44. The summed E-state index contributed by atoms with van der Waals surface area (Å²) in [6, 6.07) is 5.69. The smallest absolute Gasteiger partial charge is 0.358 e. The van der Waals surface area contributed by atoms with Crippen LogP contribution in [0.15, 0.2) is 30.6 Å². The lowest BCUT2D eigenvalue weighted by atomic mass is 10.1. The van der Waals surface area contributed by atoms with Crippen LogP contribution in [0.3, 0.4) is 0 Å². The number of halogens is 1. The van der Waals surface area contributed by atoms with Crippen LogP contribution in [-0.2, 0) is 22.5 Å². The predicted molar refractivity (Wildman–Crippen MR) is 89.0 cm³/mol. The lowest BCUT2D eigenvalue weighted by Crippen LogP contribution is -2.20. The number of nitrogens with zero attached hydrogens (tertiary/aromatic N) is 2. The van der Waals surface area contributed by atoms with Gasteiger partial charge in [-0.2, -0.15) is 0 Å². The number of methoxy groups -OCH3 is 1. The molecule has 6 nitrogen and oxygen atoms in total. The van der Waals surface area contributed by atoms with E-state index < -0.39 is 5.97 Å². The van der Waals surface area contributed by atoms with E-state index in [0.29, 0.717) is 17.4 Å². The van der Waals surface area contributed by atoms with E-state index in [-0.39, 0.29) is 11.4 Å². The second-order valence-electron chi connectivity index (χ2n) is 4.74. The predicted octanol–water partition coefficient (Wildman–Crippen LogP) is 2.85. The quantitative estimate of drug-likeness (QED) is 0.627. The molecule has 1 heterocycles. The molecule has 0 saturated carbocycles. The number of aromatic nitrogens is 2. The van der Waals surface area contributed by atoms with Gasteiger partial charge in [-0.05, 0) is 29.7 Å². The van der Waals surface area contributed by atoms with E-state index in [1.165, 1.54) is 19.5 Å². The normalized spacial score (nSPS) is 10.2.